The van der Waals surface area contributed by atoms with Crippen molar-refractivity contribution in [3.8, 4) is 0 Å². The lowest BCUT2D eigenvalue weighted by Crippen LogP contribution is -2.24. The SMILES string of the molecule is C[SH](O)(=NC(=O)C(F)(F)F)c1ccc(Br)cn1. The summed E-state index contributed by atoms with van der Waals surface area (Å²) in [6.45, 7) is 0. The third kappa shape index (κ3) is 3.86. The van der Waals surface area contributed by atoms with E-state index in [4.69, 9.17) is 0 Å². The van der Waals surface area contributed by atoms with Crippen molar-refractivity contribution in [1.29, 1.82) is 0 Å². The van der Waals surface area contributed by atoms with Crippen LogP contribution in [0.1, 0.15) is 0 Å². The Bertz CT molecular complexity index is 481. The maximum atomic E-state index is 12.0. The minimum Gasteiger partial charge on any atom is -0.339 e. The molecule has 1 N–H and O–H groups in total. The summed E-state index contributed by atoms with van der Waals surface area (Å²) < 4.78 is 49.1. The van der Waals surface area contributed by atoms with Crippen molar-refractivity contribution in [2.45, 2.75) is 11.2 Å². The zero-order valence-corrected chi connectivity index (χ0v) is 10.9. The number of aromatic nitrogens is 1. The average Bonchev–Trinajstić information content (AvgIpc) is 2.16. The second-order valence-corrected chi connectivity index (χ2v) is 6.55. The first-order chi connectivity index (χ1) is 7.63. The smallest absolute Gasteiger partial charge is 0.339 e. The fourth-order valence-electron chi connectivity index (χ4n) is 0.903. The summed E-state index contributed by atoms with van der Waals surface area (Å²) in [6.07, 6.45) is -2.72. The summed E-state index contributed by atoms with van der Waals surface area (Å²) >= 11 is 3.09. The molecule has 1 aromatic rings. The van der Waals surface area contributed by atoms with E-state index in [1.54, 1.807) is 0 Å². The topological polar surface area (TPSA) is 62.6 Å². The Kier molecular flexibility index (Phi) is 4.05. The number of carbonyl (C=O) groups is 1. The van der Waals surface area contributed by atoms with Crippen molar-refractivity contribution in [3.63, 3.8) is 0 Å². The Balaban J connectivity index is 3.15. The van der Waals surface area contributed by atoms with Gasteiger partial charge in [-0.25, -0.2) is 4.98 Å². The Morgan fingerprint density at radius 1 is 1.53 bits per heavy atom. The molecule has 4 nitrogen and oxygen atoms in total. The summed E-state index contributed by atoms with van der Waals surface area (Å²) in [7, 11) is -3.54. The van der Waals surface area contributed by atoms with Crippen LogP contribution in [-0.4, -0.2) is 27.9 Å². The van der Waals surface area contributed by atoms with Crippen LogP contribution in [0.25, 0.3) is 0 Å². The molecule has 1 aromatic heterocycles. The van der Waals surface area contributed by atoms with Crippen LogP contribution in [-0.2, 0) is 14.9 Å². The second-order valence-electron chi connectivity index (χ2n) is 3.15. The number of pyridine rings is 1. The molecule has 17 heavy (non-hydrogen) atoms. The minimum atomic E-state index is -5.08. The highest BCUT2D eigenvalue weighted by Gasteiger charge is 2.39. The van der Waals surface area contributed by atoms with Crippen LogP contribution in [0.15, 0.2) is 32.2 Å². The summed E-state index contributed by atoms with van der Waals surface area (Å²) in [4.78, 5) is 14.4. The number of thiol groups is 1. The summed E-state index contributed by atoms with van der Waals surface area (Å²) in [5.74, 6) is -2.31. The van der Waals surface area contributed by atoms with E-state index in [0.717, 1.165) is 6.26 Å². The number of alkyl halides is 3. The maximum Gasteiger partial charge on any atom is 0.474 e. The first kappa shape index (κ1) is 14.3. The van der Waals surface area contributed by atoms with Crippen molar-refractivity contribution in [1.82, 2.24) is 4.98 Å². The van der Waals surface area contributed by atoms with E-state index >= 15 is 0 Å². The van der Waals surface area contributed by atoms with Gasteiger partial charge in [0.05, 0.1) is 0 Å². The van der Waals surface area contributed by atoms with Gasteiger partial charge in [-0.15, -0.1) is 0 Å². The highest BCUT2D eigenvalue weighted by molar-refractivity contribution is 9.10. The molecule has 0 saturated carbocycles. The summed E-state index contributed by atoms with van der Waals surface area (Å²) in [6, 6.07) is 2.80. The van der Waals surface area contributed by atoms with Crippen molar-refractivity contribution in [2.24, 2.45) is 4.36 Å². The van der Waals surface area contributed by atoms with Gasteiger partial charge in [-0.05, 0) is 34.3 Å². The molecule has 0 bridgehead atoms. The quantitative estimate of drug-likeness (QED) is 0.776. The van der Waals surface area contributed by atoms with E-state index in [-0.39, 0.29) is 5.03 Å². The maximum absolute atomic E-state index is 12.0. The third-order valence-corrected chi connectivity index (χ3v) is 3.85. The van der Waals surface area contributed by atoms with E-state index in [9.17, 15) is 22.5 Å². The molecule has 1 rings (SSSR count). The van der Waals surface area contributed by atoms with Crippen LogP contribution in [0.4, 0.5) is 13.2 Å². The lowest BCUT2D eigenvalue weighted by molar-refractivity contribution is -0.169. The fourth-order valence-corrected chi connectivity index (χ4v) is 2.34. The lowest BCUT2D eigenvalue weighted by atomic mass is 10.5. The van der Waals surface area contributed by atoms with E-state index in [0.29, 0.717) is 4.47 Å². The van der Waals surface area contributed by atoms with Crippen LogP contribution in [0.2, 0.25) is 0 Å². The number of halogens is 4. The van der Waals surface area contributed by atoms with Crippen molar-refractivity contribution >= 4 is 31.9 Å². The number of nitrogens with zero attached hydrogens (tertiary/aromatic N) is 2. The molecule has 0 spiro atoms. The molecule has 0 fully saturated rings. The molecule has 0 aromatic carbocycles. The molecule has 1 heterocycles. The molecule has 1 amide bonds. The van der Waals surface area contributed by atoms with Gasteiger partial charge in [-0.1, -0.05) is 10.1 Å². The van der Waals surface area contributed by atoms with Crippen LogP contribution in [0, 0.1) is 0 Å². The molecule has 0 aliphatic rings. The molecule has 0 aliphatic heterocycles. The van der Waals surface area contributed by atoms with E-state index in [2.05, 4.69) is 25.3 Å². The van der Waals surface area contributed by atoms with Crippen molar-refractivity contribution in [3.05, 3.63) is 22.8 Å². The Labute approximate surface area is 104 Å². The fraction of sp³-hybridized carbons (Fsp3) is 0.250. The van der Waals surface area contributed by atoms with E-state index < -0.39 is 22.2 Å². The molecule has 0 unspecified atom stereocenters. The zero-order chi connectivity index (χ0) is 13.3. The molecule has 96 valence electrons. The van der Waals surface area contributed by atoms with Crippen LogP contribution in [0.3, 0.4) is 0 Å². The number of hydrogen-bond donors (Lipinski definition) is 2. The highest BCUT2D eigenvalue weighted by Crippen LogP contribution is 2.22. The van der Waals surface area contributed by atoms with Gasteiger partial charge in [0, 0.05) is 10.7 Å². The van der Waals surface area contributed by atoms with Crippen LogP contribution >= 0.6 is 15.9 Å². The summed E-state index contributed by atoms with van der Waals surface area (Å²) in [5, 5.41) is -0.0432. The third-order valence-electron chi connectivity index (χ3n) is 1.67. The normalized spacial score (nSPS) is 13.3. The standard InChI is InChI=1S/C8H8BrF3N2O2S/c1-17(16,14-7(15)8(10,11)12)6-3-2-5(9)4-13-6/h2-4,17H,1H3,(H,14,15,16). The molecule has 0 aliphatic carbocycles. The van der Waals surface area contributed by atoms with E-state index in [1.165, 1.54) is 18.3 Å². The molecular formula is C8H8BrF3N2O2S. The molecule has 0 atom stereocenters. The second kappa shape index (κ2) is 4.83. The lowest BCUT2D eigenvalue weighted by Gasteiger charge is -2.17. The van der Waals surface area contributed by atoms with Gasteiger partial charge in [-0.3, -0.25) is 4.79 Å². The number of rotatable bonds is 1. The molecule has 0 saturated heterocycles. The zero-order valence-electron chi connectivity index (χ0n) is 8.44. The van der Waals surface area contributed by atoms with Crippen LogP contribution in [0.5, 0.6) is 0 Å². The predicted molar refractivity (Wildman–Crippen MR) is 61.0 cm³/mol. The molecule has 9 heteroatoms. The van der Waals surface area contributed by atoms with Crippen molar-refractivity contribution in [2.75, 3.05) is 6.26 Å². The van der Waals surface area contributed by atoms with Gasteiger partial charge in [0.1, 0.15) is 5.03 Å². The van der Waals surface area contributed by atoms with Gasteiger partial charge in [0.15, 0.2) is 0 Å². The van der Waals surface area contributed by atoms with Crippen molar-refractivity contribution < 1.29 is 22.5 Å². The summed E-state index contributed by atoms with van der Waals surface area (Å²) in [5.41, 5.74) is 0. The monoisotopic (exact) mass is 332 g/mol. The average molecular weight is 333 g/mol. The van der Waals surface area contributed by atoms with Gasteiger partial charge in [-0.2, -0.15) is 17.5 Å². The number of carbonyl (C=O) groups excluding carboxylic acids is 1. The Hall–Kier alpha value is -0.800. The van der Waals surface area contributed by atoms with E-state index in [1.807, 2.05) is 0 Å². The first-order valence-electron chi connectivity index (χ1n) is 4.19. The molecular weight excluding hydrogens is 325 g/mol. The highest BCUT2D eigenvalue weighted by atomic mass is 79.9. The van der Waals surface area contributed by atoms with Gasteiger partial charge in [0.25, 0.3) is 0 Å². The van der Waals surface area contributed by atoms with Gasteiger partial charge >= 0.3 is 12.1 Å². The van der Waals surface area contributed by atoms with Gasteiger partial charge < -0.3 is 4.55 Å². The number of amides is 1. The Morgan fingerprint density at radius 3 is 2.53 bits per heavy atom. The largest absolute Gasteiger partial charge is 0.474 e. The number of hydrogen-bond acceptors (Lipinski definition) is 2. The molecule has 0 radical (unpaired) electrons. The minimum absolute atomic E-state index is 0.0432. The predicted octanol–water partition coefficient (Wildman–Crippen LogP) is 2.46. The van der Waals surface area contributed by atoms with Crippen LogP contribution < -0.4 is 0 Å². The van der Waals surface area contributed by atoms with Gasteiger partial charge in [0.2, 0.25) is 0 Å². The first-order valence-corrected chi connectivity index (χ1v) is 7.12. The Morgan fingerprint density at radius 2 is 2.12 bits per heavy atom.